The molecular weight excluding hydrogens is 426 g/mol. The Bertz CT molecular complexity index is 1100. The lowest BCUT2D eigenvalue weighted by Gasteiger charge is -2.66. The number of fused-ring (bicyclic) bond motifs is 1. The van der Waals surface area contributed by atoms with Gasteiger partial charge in [-0.05, 0) is 104 Å². The molecule has 34 heavy (non-hydrogen) atoms. The molecule has 7 aliphatic rings. The fraction of sp³-hybridized carbons (Fsp3) is 0.714. The Morgan fingerprint density at radius 3 is 2.85 bits per heavy atom. The molecule has 6 nitrogen and oxygen atoms in total. The predicted octanol–water partition coefficient (Wildman–Crippen LogP) is 2.58. The topological polar surface area (TPSA) is 72.9 Å². The number of phenols is 1. The van der Waals surface area contributed by atoms with Gasteiger partial charge in [0.05, 0.1) is 0 Å². The van der Waals surface area contributed by atoms with E-state index in [1.54, 1.807) is 0 Å². The summed E-state index contributed by atoms with van der Waals surface area (Å²) in [5.41, 5.74) is 3.21. The van der Waals surface area contributed by atoms with Gasteiger partial charge in [0, 0.05) is 37.0 Å². The highest BCUT2D eigenvalue weighted by atomic mass is 16.3. The molecule has 6 heteroatoms. The SMILES string of the molecule is O=C1CC[C@H](C(=O)N2C[C@H]3C[C@@]45CC[C@@H]2[C@@H]3[C@@]42CCN(CC3CC3)[C@@H]5Cc3ccc(O)cc32)N1. The highest BCUT2D eigenvalue weighted by molar-refractivity contribution is 5.91. The van der Waals surface area contributed by atoms with Crippen LogP contribution in [0.25, 0.3) is 0 Å². The van der Waals surface area contributed by atoms with E-state index in [4.69, 9.17) is 0 Å². The standard InChI is InChI=1S/C28H35N3O3/c32-19-4-3-17-11-23-27-8-7-22-25(18(13-27)15-31(22)26(34)21-5-6-24(33)29-21)28(27,20(17)12-19)9-10-30(23)14-16-1-2-16/h3-4,12,16,18,21-23,25,32H,1-2,5-11,13-15H2,(H,29,33)/t18-,21-,22-,23-,25-,27-,28+/m1/s1. The van der Waals surface area contributed by atoms with E-state index < -0.39 is 0 Å². The van der Waals surface area contributed by atoms with Crippen molar-refractivity contribution < 1.29 is 14.7 Å². The Hall–Kier alpha value is -2.08. The second kappa shape index (κ2) is 6.57. The lowest BCUT2D eigenvalue weighted by molar-refractivity contribution is -0.142. The van der Waals surface area contributed by atoms with Crippen LogP contribution in [0.4, 0.5) is 0 Å². The summed E-state index contributed by atoms with van der Waals surface area (Å²) < 4.78 is 0. The number of hydrogen-bond acceptors (Lipinski definition) is 4. The first-order valence-electron chi connectivity index (χ1n) is 13.7. The van der Waals surface area contributed by atoms with Crippen molar-refractivity contribution in [2.75, 3.05) is 19.6 Å². The summed E-state index contributed by atoms with van der Waals surface area (Å²) in [6.45, 7) is 3.27. The number of phenolic OH excluding ortho intramolecular Hbond substituents is 1. The van der Waals surface area contributed by atoms with Crippen LogP contribution in [0, 0.1) is 23.2 Å². The Balaban J connectivity index is 1.23. The van der Waals surface area contributed by atoms with E-state index in [-0.39, 0.29) is 34.7 Å². The monoisotopic (exact) mass is 461 g/mol. The van der Waals surface area contributed by atoms with E-state index in [1.165, 1.54) is 43.4 Å². The number of benzene rings is 1. The number of amides is 2. The fourth-order valence-corrected chi connectivity index (χ4v) is 10.2. The first kappa shape index (κ1) is 20.1. The zero-order valence-corrected chi connectivity index (χ0v) is 19.8. The average molecular weight is 462 g/mol. The molecule has 3 aliphatic heterocycles. The molecule has 1 aromatic carbocycles. The van der Waals surface area contributed by atoms with Crippen molar-refractivity contribution in [1.29, 1.82) is 0 Å². The maximum Gasteiger partial charge on any atom is 0.245 e. The maximum atomic E-state index is 13.6. The molecule has 0 unspecified atom stereocenters. The van der Waals surface area contributed by atoms with Crippen LogP contribution in [0.1, 0.15) is 62.5 Å². The van der Waals surface area contributed by atoms with Gasteiger partial charge in [-0.25, -0.2) is 0 Å². The Morgan fingerprint density at radius 1 is 1.18 bits per heavy atom. The summed E-state index contributed by atoms with van der Waals surface area (Å²) in [7, 11) is 0. The van der Waals surface area contributed by atoms with Crippen LogP contribution in [0.5, 0.6) is 5.75 Å². The minimum Gasteiger partial charge on any atom is -0.508 e. The molecular formula is C28H35N3O3. The zero-order chi connectivity index (χ0) is 22.8. The van der Waals surface area contributed by atoms with Crippen LogP contribution in [0.15, 0.2) is 18.2 Å². The molecule has 4 bridgehead atoms. The predicted molar refractivity (Wildman–Crippen MR) is 126 cm³/mol. The number of piperidine rings is 1. The molecule has 6 fully saturated rings. The van der Waals surface area contributed by atoms with Gasteiger partial charge in [-0.2, -0.15) is 0 Å². The summed E-state index contributed by atoms with van der Waals surface area (Å²) in [6, 6.07) is 6.72. The van der Waals surface area contributed by atoms with Crippen LogP contribution in [-0.2, 0) is 21.4 Å². The Morgan fingerprint density at radius 2 is 2.06 bits per heavy atom. The summed E-state index contributed by atoms with van der Waals surface area (Å²) in [6.07, 6.45) is 9.68. The molecule has 1 aromatic rings. The van der Waals surface area contributed by atoms with Crippen molar-refractivity contribution in [3.8, 4) is 5.75 Å². The molecule has 3 saturated carbocycles. The van der Waals surface area contributed by atoms with E-state index in [2.05, 4.69) is 27.2 Å². The molecule has 180 valence electrons. The van der Waals surface area contributed by atoms with Gasteiger partial charge >= 0.3 is 0 Å². The molecule has 0 aromatic heterocycles. The molecule has 0 spiro atoms. The highest BCUT2D eigenvalue weighted by Gasteiger charge is 2.76. The summed E-state index contributed by atoms with van der Waals surface area (Å²) in [5.74, 6) is 2.47. The number of rotatable bonds is 3. The van der Waals surface area contributed by atoms with Crippen LogP contribution < -0.4 is 5.32 Å². The quantitative estimate of drug-likeness (QED) is 0.726. The summed E-state index contributed by atoms with van der Waals surface area (Å²) in [4.78, 5) is 30.5. The maximum absolute atomic E-state index is 13.6. The van der Waals surface area contributed by atoms with Crippen LogP contribution in [0.2, 0.25) is 0 Å². The first-order valence-corrected chi connectivity index (χ1v) is 13.7. The summed E-state index contributed by atoms with van der Waals surface area (Å²) >= 11 is 0. The summed E-state index contributed by atoms with van der Waals surface area (Å²) in [5, 5.41) is 13.5. The number of nitrogens with one attached hydrogen (secondary N) is 1. The normalized spacial score (nSPS) is 44.1. The number of nitrogens with zero attached hydrogens (tertiary/aromatic N) is 2. The third-order valence-corrected chi connectivity index (χ3v) is 11.3. The number of hydrogen-bond donors (Lipinski definition) is 2. The van der Waals surface area contributed by atoms with Gasteiger partial charge in [-0.1, -0.05) is 6.07 Å². The van der Waals surface area contributed by atoms with Gasteiger partial charge in [0.15, 0.2) is 0 Å². The molecule has 8 rings (SSSR count). The van der Waals surface area contributed by atoms with E-state index in [1.807, 2.05) is 6.07 Å². The van der Waals surface area contributed by atoms with E-state index in [0.717, 1.165) is 38.3 Å². The van der Waals surface area contributed by atoms with Gasteiger partial charge in [-0.15, -0.1) is 0 Å². The second-order valence-electron chi connectivity index (χ2n) is 12.6. The molecule has 0 radical (unpaired) electrons. The molecule has 2 amide bonds. The van der Waals surface area contributed by atoms with Crippen LogP contribution >= 0.6 is 0 Å². The fourth-order valence-electron chi connectivity index (χ4n) is 10.2. The van der Waals surface area contributed by atoms with E-state index in [9.17, 15) is 14.7 Å². The largest absolute Gasteiger partial charge is 0.508 e. The van der Waals surface area contributed by atoms with E-state index >= 15 is 0 Å². The van der Waals surface area contributed by atoms with Crippen molar-refractivity contribution in [3.05, 3.63) is 29.3 Å². The minimum absolute atomic E-state index is 0.0153. The van der Waals surface area contributed by atoms with Crippen LogP contribution in [-0.4, -0.2) is 64.5 Å². The molecule has 3 saturated heterocycles. The second-order valence-corrected chi connectivity index (χ2v) is 12.6. The van der Waals surface area contributed by atoms with Gasteiger partial charge < -0.3 is 15.3 Å². The molecule has 7 atom stereocenters. The molecule has 3 heterocycles. The van der Waals surface area contributed by atoms with Crippen molar-refractivity contribution in [3.63, 3.8) is 0 Å². The number of aromatic hydroxyl groups is 1. The van der Waals surface area contributed by atoms with Gasteiger partial charge in [0.25, 0.3) is 0 Å². The first-order chi connectivity index (χ1) is 16.5. The lowest BCUT2D eigenvalue weighted by atomic mass is 9.43. The zero-order valence-electron chi connectivity index (χ0n) is 19.8. The van der Waals surface area contributed by atoms with Crippen molar-refractivity contribution >= 4 is 11.8 Å². The lowest BCUT2D eigenvalue weighted by Crippen LogP contribution is -2.70. The number of carbonyl (C=O) groups excluding carboxylic acids is 2. The third kappa shape index (κ3) is 2.36. The van der Waals surface area contributed by atoms with Crippen molar-refractivity contribution in [2.24, 2.45) is 23.2 Å². The van der Waals surface area contributed by atoms with Crippen LogP contribution in [0.3, 0.4) is 0 Å². The van der Waals surface area contributed by atoms with Crippen molar-refractivity contribution in [1.82, 2.24) is 15.1 Å². The van der Waals surface area contributed by atoms with Crippen molar-refractivity contribution in [2.45, 2.75) is 81.3 Å². The average Bonchev–Trinajstić information content (AvgIpc) is 3.33. The molecule has 4 aliphatic carbocycles. The van der Waals surface area contributed by atoms with Gasteiger partial charge in [0.1, 0.15) is 11.8 Å². The minimum atomic E-state index is -0.327. The number of likely N-dealkylation sites (tertiary alicyclic amines) is 2. The highest BCUT2D eigenvalue weighted by Crippen LogP contribution is 2.75. The van der Waals surface area contributed by atoms with E-state index in [0.29, 0.717) is 36.5 Å². The Kier molecular flexibility index (Phi) is 3.89. The Labute approximate surface area is 201 Å². The van der Waals surface area contributed by atoms with Gasteiger partial charge in [-0.3, -0.25) is 14.5 Å². The van der Waals surface area contributed by atoms with Gasteiger partial charge in [0.2, 0.25) is 11.8 Å². The third-order valence-electron chi connectivity index (χ3n) is 11.3. The molecule has 2 N–H and O–H groups in total. The number of carbonyl (C=O) groups is 2. The smallest absolute Gasteiger partial charge is 0.245 e.